The third-order valence-corrected chi connectivity index (χ3v) is 2.60. The lowest BCUT2D eigenvalue weighted by Crippen LogP contribution is -2.41. The Morgan fingerprint density at radius 1 is 1.65 bits per heavy atom. The minimum Gasteiger partial charge on any atom is -0.384 e. The number of aromatic nitrogens is 2. The van der Waals surface area contributed by atoms with Gasteiger partial charge in [0.25, 0.3) is 0 Å². The molecule has 0 aromatic carbocycles. The van der Waals surface area contributed by atoms with Crippen molar-refractivity contribution in [3.63, 3.8) is 0 Å². The summed E-state index contributed by atoms with van der Waals surface area (Å²) in [6.07, 6.45) is 1.75. The zero-order valence-electron chi connectivity index (χ0n) is 11.1. The summed E-state index contributed by atoms with van der Waals surface area (Å²) in [5, 5.41) is 2.92. The Balaban J connectivity index is 2.63. The maximum absolute atomic E-state index is 12.0. The zero-order valence-corrected chi connectivity index (χ0v) is 11.1. The van der Waals surface area contributed by atoms with E-state index in [1.165, 1.54) is 0 Å². The SMILES string of the molecule is COCC(C)(C)C(=O)N[C@@H](C)c1ncc(C)[nH]1. The molecule has 2 N–H and O–H groups in total. The molecule has 96 valence electrons. The van der Waals surface area contributed by atoms with Gasteiger partial charge >= 0.3 is 0 Å². The van der Waals surface area contributed by atoms with Crippen LogP contribution in [0.2, 0.25) is 0 Å². The smallest absolute Gasteiger partial charge is 0.228 e. The van der Waals surface area contributed by atoms with E-state index in [1.54, 1.807) is 13.3 Å². The van der Waals surface area contributed by atoms with Crippen LogP contribution in [0.5, 0.6) is 0 Å². The molecule has 0 radical (unpaired) electrons. The van der Waals surface area contributed by atoms with Gasteiger partial charge in [-0.2, -0.15) is 0 Å². The highest BCUT2D eigenvalue weighted by molar-refractivity contribution is 5.82. The van der Waals surface area contributed by atoms with E-state index in [9.17, 15) is 4.79 Å². The highest BCUT2D eigenvalue weighted by atomic mass is 16.5. The van der Waals surface area contributed by atoms with Gasteiger partial charge in [-0.3, -0.25) is 4.79 Å². The number of aromatic amines is 1. The first kappa shape index (κ1) is 13.7. The van der Waals surface area contributed by atoms with E-state index in [2.05, 4.69) is 15.3 Å². The fourth-order valence-electron chi connectivity index (χ4n) is 1.54. The maximum Gasteiger partial charge on any atom is 0.228 e. The van der Waals surface area contributed by atoms with Gasteiger partial charge in [-0.05, 0) is 27.7 Å². The van der Waals surface area contributed by atoms with Crippen molar-refractivity contribution in [1.29, 1.82) is 0 Å². The minimum atomic E-state index is -0.537. The largest absolute Gasteiger partial charge is 0.384 e. The Morgan fingerprint density at radius 2 is 2.29 bits per heavy atom. The lowest BCUT2D eigenvalue weighted by molar-refractivity contribution is -0.132. The predicted octanol–water partition coefficient (Wildman–Crippen LogP) is 1.57. The molecule has 17 heavy (non-hydrogen) atoms. The first-order valence-electron chi connectivity index (χ1n) is 5.68. The van der Waals surface area contributed by atoms with Gasteiger partial charge in [-0.1, -0.05) is 0 Å². The molecular formula is C12H21N3O2. The maximum atomic E-state index is 12.0. The molecule has 0 saturated carbocycles. The second kappa shape index (κ2) is 5.31. The lowest BCUT2D eigenvalue weighted by Gasteiger charge is -2.24. The zero-order chi connectivity index (χ0) is 13.1. The molecule has 5 heteroatoms. The number of hydrogen-bond donors (Lipinski definition) is 2. The summed E-state index contributed by atoms with van der Waals surface area (Å²) >= 11 is 0. The summed E-state index contributed by atoms with van der Waals surface area (Å²) in [6.45, 7) is 7.93. The predicted molar refractivity (Wildman–Crippen MR) is 65.5 cm³/mol. The molecule has 1 atom stereocenters. The third kappa shape index (κ3) is 3.56. The van der Waals surface area contributed by atoms with E-state index in [-0.39, 0.29) is 11.9 Å². The van der Waals surface area contributed by atoms with Crippen LogP contribution in [0, 0.1) is 12.3 Å². The quantitative estimate of drug-likeness (QED) is 0.819. The first-order valence-corrected chi connectivity index (χ1v) is 5.68. The number of hydrogen-bond acceptors (Lipinski definition) is 3. The van der Waals surface area contributed by atoms with Crippen molar-refractivity contribution in [2.24, 2.45) is 5.41 Å². The monoisotopic (exact) mass is 239 g/mol. The van der Waals surface area contributed by atoms with Crippen molar-refractivity contribution in [2.45, 2.75) is 33.7 Å². The number of aryl methyl sites for hydroxylation is 1. The van der Waals surface area contributed by atoms with Crippen molar-refractivity contribution < 1.29 is 9.53 Å². The van der Waals surface area contributed by atoms with Crippen LogP contribution >= 0.6 is 0 Å². The molecule has 0 spiro atoms. The molecule has 0 fully saturated rings. The number of carbonyl (C=O) groups excluding carboxylic acids is 1. The van der Waals surface area contributed by atoms with Crippen LogP contribution in [0.15, 0.2) is 6.20 Å². The van der Waals surface area contributed by atoms with Gasteiger partial charge in [-0.15, -0.1) is 0 Å². The molecule has 0 unspecified atom stereocenters. The Labute approximate surface area is 102 Å². The number of nitrogens with one attached hydrogen (secondary N) is 2. The topological polar surface area (TPSA) is 67.0 Å². The van der Waals surface area contributed by atoms with Gasteiger partial charge < -0.3 is 15.0 Å². The number of methoxy groups -OCH3 is 1. The Morgan fingerprint density at radius 3 is 2.76 bits per heavy atom. The summed E-state index contributed by atoms with van der Waals surface area (Å²) < 4.78 is 5.03. The van der Waals surface area contributed by atoms with Crippen LogP contribution in [-0.2, 0) is 9.53 Å². The average Bonchev–Trinajstić information content (AvgIpc) is 2.64. The van der Waals surface area contributed by atoms with Crippen molar-refractivity contribution in [1.82, 2.24) is 15.3 Å². The van der Waals surface area contributed by atoms with Crippen LogP contribution < -0.4 is 5.32 Å². The van der Waals surface area contributed by atoms with E-state index in [4.69, 9.17) is 4.74 Å². The Kier molecular flexibility index (Phi) is 4.28. The molecule has 1 aromatic heterocycles. The van der Waals surface area contributed by atoms with Crippen LogP contribution in [0.1, 0.15) is 38.3 Å². The van der Waals surface area contributed by atoms with Gasteiger partial charge in [-0.25, -0.2) is 4.98 Å². The second-order valence-electron chi connectivity index (χ2n) is 4.96. The number of ether oxygens (including phenoxy) is 1. The average molecular weight is 239 g/mol. The number of amides is 1. The van der Waals surface area contributed by atoms with Gasteiger partial charge in [0.1, 0.15) is 5.82 Å². The molecule has 1 amide bonds. The van der Waals surface area contributed by atoms with E-state index in [0.29, 0.717) is 6.61 Å². The number of imidazole rings is 1. The van der Waals surface area contributed by atoms with E-state index >= 15 is 0 Å². The molecular weight excluding hydrogens is 218 g/mol. The molecule has 0 aliphatic heterocycles. The third-order valence-electron chi connectivity index (χ3n) is 2.60. The van der Waals surface area contributed by atoms with Crippen LogP contribution in [0.25, 0.3) is 0 Å². The van der Waals surface area contributed by atoms with Gasteiger partial charge in [0, 0.05) is 19.0 Å². The summed E-state index contributed by atoms with van der Waals surface area (Å²) in [4.78, 5) is 19.3. The van der Waals surface area contributed by atoms with E-state index < -0.39 is 5.41 Å². The highest BCUT2D eigenvalue weighted by Gasteiger charge is 2.29. The fraction of sp³-hybridized carbons (Fsp3) is 0.667. The summed E-state index contributed by atoms with van der Waals surface area (Å²) in [7, 11) is 1.59. The number of carbonyl (C=O) groups is 1. The number of rotatable bonds is 5. The van der Waals surface area contributed by atoms with Crippen LogP contribution in [0.4, 0.5) is 0 Å². The molecule has 1 heterocycles. The van der Waals surface area contributed by atoms with Crippen LogP contribution in [-0.4, -0.2) is 29.6 Å². The van der Waals surface area contributed by atoms with Gasteiger partial charge in [0.05, 0.1) is 18.1 Å². The first-order chi connectivity index (χ1) is 7.86. The van der Waals surface area contributed by atoms with Gasteiger partial charge in [0.2, 0.25) is 5.91 Å². The Bertz CT molecular complexity index is 385. The standard InChI is InChI=1S/C12H21N3O2/c1-8-6-13-10(14-8)9(2)15-11(16)12(3,4)7-17-5/h6,9H,7H2,1-5H3,(H,13,14)(H,15,16)/t9-/m0/s1. The normalized spacial score (nSPS) is 13.5. The molecule has 5 nitrogen and oxygen atoms in total. The highest BCUT2D eigenvalue weighted by Crippen LogP contribution is 2.17. The molecule has 1 rings (SSSR count). The van der Waals surface area contributed by atoms with E-state index in [0.717, 1.165) is 11.5 Å². The molecule has 0 aliphatic carbocycles. The molecule has 0 saturated heterocycles. The molecule has 0 bridgehead atoms. The summed E-state index contributed by atoms with van der Waals surface area (Å²) in [5.41, 5.74) is 0.447. The second-order valence-corrected chi connectivity index (χ2v) is 4.96. The number of nitrogens with zero attached hydrogens (tertiary/aromatic N) is 1. The fourth-order valence-corrected chi connectivity index (χ4v) is 1.54. The summed E-state index contributed by atoms with van der Waals surface area (Å²) in [6, 6.07) is -0.132. The van der Waals surface area contributed by atoms with Crippen molar-refractivity contribution >= 4 is 5.91 Å². The molecule has 0 aliphatic rings. The van der Waals surface area contributed by atoms with Crippen molar-refractivity contribution in [2.75, 3.05) is 13.7 Å². The number of H-pyrrole nitrogens is 1. The lowest BCUT2D eigenvalue weighted by atomic mass is 9.93. The van der Waals surface area contributed by atoms with Crippen molar-refractivity contribution in [3.05, 3.63) is 17.7 Å². The van der Waals surface area contributed by atoms with Crippen LogP contribution in [0.3, 0.4) is 0 Å². The van der Waals surface area contributed by atoms with E-state index in [1.807, 2.05) is 27.7 Å². The summed E-state index contributed by atoms with van der Waals surface area (Å²) in [5.74, 6) is 0.727. The minimum absolute atomic E-state index is 0.0408. The molecule has 1 aromatic rings. The Hall–Kier alpha value is -1.36. The van der Waals surface area contributed by atoms with Gasteiger partial charge in [0.15, 0.2) is 0 Å². The van der Waals surface area contributed by atoms with Crippen molar-refractivity contribution in [3.8, 4) is 0 Å².